The Kier molecular flexibility index (Phi) is 6.05. The zero-order valence-corrected chi connectivity index (χ0v) is 10.5. The summed E-state index contributed by atoms with van der Waals surface area (Å²) in [7, 11) is 0. The highest BCUT2D eigenvalue weighted by Crippen LogP contribution is 2.14. The first-order valence-corrected chi connectivity index (χ1v) is 5.86. The van der Waals surface area contributed by atoms with Gasteiger partial charge >= 0.3 is 0 Å². The summed E-state index contributed by atoms with van der Waals surface area (Å²) < 4.78 is 12.9. The van der Waals surface area contributed by atoms with E-state index in [2.05, 4.69) is 0 Å². The molecule has 0 saturated heterocycles. The third kappa shape index (κ3) is 4.26. The second-order valence-corrected chi connectivity index (χ2v) is 4.30. The van der Waals surface area contributed by atoms with Gasteiger partial charge in [-0.3, -0.25) is 0 Å². The highest BCUT2D eigenvalue weighted by atomic mass is 19.1. The Hall–Kier alpha value is -1.51. The predicted octanol–water partition coefficient (Wildman–Crippen LogP) is -0.839. The lowest BCUT2D eigenvalue weighted by Gasteiger charge is -2.25. The first-order valence-electron chi connectivity index (χ1n) is 5.86. The number of rotatable bonds is 6. The minimum absolute atomic E-state index is 0.242. The van der Waals surface area contributed by atoms with Crippen LogP contribution in [0.3, 0.4) is 0 Å². The van der Waals surface area contributed by atoms with Crippen molar-refractivity contribution in [3.05, 3.63) is 41.4 Å². The average Bonchev–Trinajstić information content (AvgIpc) is 2.43. The molecule has 0 unspecified atom stereocenters. The van der Waals surface area contributed by atoms with Gasteiger partial charge in [0.25, 0.3) is 0 Å². The summed E-state index contributed by atoms with van der Waals surface area (Å²) in [6.45, 7) is -0.820. The van der Waals surface area contributed by atoms with Crippen molar-refractivity contribution >= 4 is 6.08 Å². The molecule has 0 aromatic heterocycles. The molecule has 1 rings (SSSR count). The van der Waals surface area contributed by atoms with Gasteiger partial charge in [-0.25, -0.2) is 4.39 Å². The maximum atomic E-state index is 12.9. The number of aliphatic hydroxyl groups is 6. The van der Waals surface area contributed by atoms with E-state index < -0.39 is 42.6 Å². The molecule has 0 radical (unpaired) electrons. The molecule has 1 aromatic carbocycles. The Balaban J connectivity index is 2.82. The van der Waals surface area contributed by atoms with E-state index >= 15 is 0 Å². The van der Waals surface area contributed by atoms with Gasteiger partial charge in [0.2, 0.25) is 0 Å². The van der Waals surface area contributed by atoms with Crippen LogP contribution in [-0.2, 0) is 0 Å². The summed E-state index contributed by atoms with van der Waals surface area (Å²) >= 11 is 0. The molecule has 7 heteroatoms. The van der Waals surface area contributed by atoms with Crippen molar-refractivity contribution in [2.75, 3.05) is 6.61 Å². The van der Waals surface area contributed by atoms with E-state index in [1.165, 1.54) is 18.2 Å². The van der Waals surface area contributed by atoms with Crippen molar-refractivity contribution in [3.8, 4) is 0 Å². The first kappa shape index (κ1) is 16.5. The summed E-state index contributed by atoms with van der Waals surface area (Å²) in [5.74, 6) is -1.26. The fourth-order valence-corrected chi connectivity index (χ4v) is 1.55. The molecule has 0 saturated carbocycles. The lowest BCUT2D eigenvalue weighted by Crippen LogP contribution is -2.46. The van der Waals surface area contributed by atoms with E-state index in [1.807, 2.05) is 0 Å². The van der Waals surface area contributed by atoms with Crippen LogP contribution in [0.1, 0.15) is 5.56 Å². The monoisotopic (exact) mass is 288 g/mol. The van der Waals surface area contributed by atoms with E-state index in [0.717, 1.165) is 12.1 Å². The number of benzene rings is 1. The van der Waals surface area contributed by atoms with Crippen molar-refractivity contribution in [1.29, 1.82) is 0 Å². The van der Waals surface area contributed by atoms with Gasteiger partial charge in [0.15, 0.2) is 0 Å². The van der Waals surface area contributed by atoms with E-state index in [1.54, 1.807) is 0 Å². The van der Waals surface area contributed by atoms with E-state index in [4.69, 9.17) is 10.2 Å². The highest BCUT2D eigenvalue weighted by molar-refractivity contribution is 5.51. The van der Waals surface area contributed by atoms with Gasteiger partial charge in [-0.15, -0.1) is 0 Å². The maximum absolute atomic E-state index is 12.9. The molecule has 0 aliphatic rings. The molecular formula is C13H17FO6. The van der Waals surface area contributed by atoms with Crippen molar-refractivity contribution in [2.24, 2.45) is 0 Å². The lowest BCUT2D eigenvalue weighted by atomic mass is 10.0. The minimum atomic E-state index is -1.91. The van der Waals surface area contributed by atoms with Gasteiger partial charge in [-0.1, -0.05) is 12.1 Å². The highest BCUT2D eigenvalue weighted by Gasteiger charge is 2.32. The van der Waals surface area contributed by atoms with Crippen molar-refractivity contribution < 1.29 is 35.0 Å². The zero-order chi connectivity index (χ0) is 15.3. The maximum Gasteiger partial charge on any atom is 0.139 e. The zero-order valence-electron chi connectivity index (χ0n) is 10.5. The minimum Gasteiger partial charge on any atom is -0.509 e. The van der Waals surface area contributed by atoms with E-state index in [-0.39, 0.29) is 5.56 Å². The van der Waals surface area contributed by atoms with Crippen LogP contribution in [0.2, 0.25) is 0 Å². The molecule has 6 nitrogen and oxygen atoms in total. The number of hydrogen-bond donors (Lipinski definition) is 6. The number of halogens is 1. The Labute approximate surface area is 114 Å². The summed E-state index contributed by atoms with van der Waals surface area (Å²) in [4.78, 5) is 0. The van der Waals surface area contributed by atoms with Crippen LogP contribution in [0.5, 0.6) is 0 Å². The van der Waals surface area contributed by atoms with Crippen LogP contribution in [-0.4, -0.2) is 61.7 Å². The summed E-state index contributed by atoms with van der Waals surface area (Å²) in [5, 5.41) is 55.9. The van der Waals surface area contributed by atoms with Crippen molar-refractivity contribution in [2.45, 2.75) is 24.4 Å². The second-order valence-electron chi connectivity index (χ2n) is 4.30. The molecule has 0 bridgehead atoms. The largest absolute Gasteiger partial charge is 0.509 e. The Morgan fingerprint density at radius 1 is 1.15 bits per heavy atom. The summed E-state index contributed by atoms with van der Waals surface area (Å²) in [5.41, 5.74) is 0.242. The van der Waals surface area contributed by atoms with E-state index in [9.17, 15) is 24.8 Å². The van der Waals surface area contributed by atoms with Crippen LogP contribution in [0.15, 0.2) is 30.0 Å². The SMILES string of the molecule is OC[C@@H](O)[C@@H](O)[C@H](O)[C@@H](O)C(O)=Cc1cccc(F)c1. The van der Waals surface area contributed by atoms with Gasteiger partial charge in [-0.05, 0) is 23.8 Å². The molecule has 0 heterocycles. The molecular weight excluding hydrogens is 271 g/mol. The standard InChI is InChI=1S/C13H17FO6/c14-8-3-1-2-7(4-8)5-9(16)11(18)13(20)12(19)10(17)6-15/h1-5,10-13,15-20H,6H2/t10-,11+,12-,13-/m1/s1. The van der Waals surface area contributed by atoms with Crippen LogP contribution in [0.25, 0.3) is 6.08 Å². The summed E-state index contributed by atoms with van der Waals surface area (Å²) in [6.07, 6.45) is -6.31. The second kappa shape index (κ2) is 7.32. The fourth-order valence-electron chi connectivity index (χ4n) is 1.55. The quantitative estimate of drug-likeness (QED) is 0.380. The summed E-state index contributed by atoms with van der Waals surface area (Å²) in [6, 6.07) is 5.13. The first-order chi connectivity index (χ1) is 9.36. The molecule has 4 atom stereocenters. The molecule has 1 aromatic rings. The van der Waals surface area contributed by atoms with Crippen molar-refractivity contribution in [3.63, 3.8) is 0 Å². The normalized spacial score (nSPS) is 18.4. The third-order valence-electron chi connectivity index (χ3n) is 2.72. The van der Waals surface area contributed by atoms with Gasteiger partial charge in [-0.2, -0.15) is 0 Å². The average molecular weight is 288 g/mol. The molecule has 0 aliphatic heterocycles. The third-order valence-corrected chi connectivity index (χ3v) is 2.72. The molecule has 20 heavy (non-hydrogen) atoms. The lowest BCUT2D eigenvalue weighted by molar-refractivity contribution is -0.112. The Morgan fingerprint density at radius 3 is 2.35 bits per heavy atom. The van der Waals surface area contributed by atoms with Crippen LogP contribution >= 0.6 is 0 Å². The Bertz CT molecular complexity index is 464. The number of hydrogen-bond acceptors (Lipinski definition) is 6. The molecule has 0 aliphatic carbocycles. The van der Waals surface area contributed by atoms with Crippen LogP contribution in [0, 0.1) is 5.82 Å². The molecule has 0 amide bonds. The van der Waals surface area contributed by atoms with Gasteiger partial charge < -0.3 is 30.6 Å². The van der Waals surface area contributed by atoms with Gasteiger partial charge in [0.1, 0.15) is 36.0 Å². The van der Waals surface area contributed by atoms with Crippen LogP contribution in [0.4, 0.5) is 4.39 Å². The number of aliphatic hydroxyl groups excluding tert-OH is 6. The smallest absolute Gasteiger partial charge is 0.139 e. The van der Waals surface area contributed by atoms with Crippen LogP contribution < -0.4 is 0 Å². The van der Waals surface area contributed by atoms with E-state index in [0.29, 0.717) is 0 Å². The predicted molar refractivity (Wildman–Crippen MR) is 68.1 cm³/mol. The molecule has 0 spiro atoms. The topological polar surface area (TPSA) is 121 Å². The molecule has 6 N–H and O–H groups in total. The molecule has 112 valence electrons. The van der Waals surface area contributed by atoms with Crippen molar-refractivity contribution in [1.82, 2.24) is 0 Å². The molecule has 0 fully saturated rings. The Morgan fingerprint density at radius 2 is 1.80 bits per heavy atom. The van der Waals surface area contributed by atoms with Gasteiger partial charge in [0, 0.05) is 0 Å². The van der Waals surface area contributed by atoms with Gasteiger partial charge in [0.05, 0.1) is 6.61 Å². The fraction of sp³-hybridized carbons (Fsp3) is 0.385.